The van der Waals surface area contributed by atoms with Crippen molar-refractivity contribution in [2.45, 2.75) is 38.3 Å². The van der Waals surface area contributed by atoms with Gasteiger partial charge in [0.15, 0.2) is 0 Å². The van der Waals surface area contributed by atoms with Gasteiger partial charge in [0, 0.05) is 19.1 Å². The Hall–Kier alpha value is -0.120. The average molecular weight is 198 g/mol. The highest BCUT2D eigenvalue weighted by atomic mass is 16.5. The molecule has 0 aromatic carbocycles. The summed E-state index contributed by atoms with van der Waals surface area (Å²) < 4.78 is 5.52. The van der Waals surface area contributed by atoms with Gasteiger partial charge < -0.3 is 10.1 Å². The highest BCUT2D eigenvalue weighted by Crippen LogP contribution is 2.11. The zero-order valence-corrected chi connectivity index (χ0v) is 9.17. The van der Waals surface area contributed by atoms with Crippen LogP contribution in [0.2, 0.25) is 0 Å². The van der Waals surface area contributed by atoms with E-state index in [0.29, 0.717) is 6.10 Å². The highest BCUT2D eigenvalue weighted by Gasteiger charge is 2.19. The van der Waals surface area contributed by atoms with Crippen LogP contribution in [0.5, 0.6) is 0 Å². The fraction of sp³-hybridized carbons (Fsp3) is 1.00. The van der Waals surface area contributed by atoms with Crippen molar-refractivity contribution < 1.29 is 4.74 Å². The van der Waals surface area contributed by atoms with Crippen LogP contribution in [0.4, 0.5) is 0 Å². The number of nitrogens with one attached hydrogen (secondary N) is 1. The molecule has 3 heteroatoms. The third-order valence-electron chi connectivity index (χ3n) is 3.28. The zero-order chi connectivity index (χ0) is 9.80. The van der Waals surface area contributed by atoms with Crippen molar-refractivity contribution in [3.63, 3.8) is 0 Å². The maximum atomic E-state index is 5.52. The van der Waals surface area contributed by atoms with E-state index in [1.54, 1.807) is 0 Å². The molecule has 2 aliphatic rings. The second-order valence-electron chi connectivity index (χ2n) is 4.56. The van der Waals surface area contributed by atoms with Crippen molar-refractivity contribution >= 4 is 0 Å². The van der Waals surface area contributed by atoms with Crippen molar-refractivity contribution in [3.8, 4) is 0 Å². The van der Waals surface area contributed by atoms with Gasteiger partial charge in [0.2, 0.25) is 0 Å². The smallest absolute Gasteiger partial charge is 0.0674 e. The second kappa shape index (κ2) is 5.10. The Bertz CT molecular complexity index is 169. The van der Waals surface area contributed by atoms with Gasteiger partial charge in [-0.15, -0.1) is 0 Å². The third kappa shape index (κ3) is 2.94. The molecule has 0 saturated carbocycles. The lowest BCUT2D eigenvalue weighted by Gasteiger charge is -2.31. The van der Waals surface area contributed by atoms with Crippen LogP contribution in [0.15, 0.2) is 0 Å². The molecule has 0 amide bonds. The van der Waals surface area contributed by atoms with Gasteiger partial charge in [-0.3, -0.25) is 4.90 Å². The van der Waals surface area contributed by atoms with E-state index in [1.165, 1.54) is 32.4 Å². The van der Waals surface area contributed by atoms with Crippen LogP contribution >= 0.6 is 0 Å². The molecule has 2 heterocycles. The summed E-state index contributed by atoms with van der Waals surface area (Å²) in [6.07, 6.45) is 4.48. The van der Waals surface area contributed by atoms with Gasteiger partial charge in [-0.05, 0) is 39.3 Å². The summed E-state index contributed by atoms with van der Waals surface area (Å²) in [5.41, 5.74) is 0. The number of nitrogens with zero attached hydrogens (tertiary/aromatic N) is 1. The highest BCUT2D eigenvalue weighted by molar-refractivity contribution is 4.77. The van der Waals surface area contributed by atoms with E-state index in [2.05, 4.69) is 17.1 Å². The van der Waals surface area contributed by atoms with Crippen LogP contribution < -0.4 is 5.32 Å². The van der Waals surface area contributed by atoms with Crippen LogP contribution in [0.3, 0.4) is 0 Å². The first-order valence-corrected chi connectivity index (χ1v) is 5.92. The molecule has 0 aromatic heterocycles. The molecule has 0 aromatic rings. The molecule has 2 saturated heterocycles. The second-order valence-corrected chi connectivity index (χ2v) is 4.56. The van der Waals surface area contributed by atoms with Gasteiger partial charge in [0.25, 0.3) is 0 Å². The van der Waals surface area contributed by atoms with E-state index in [1.807, 2.05) is 0 Å². The minimum absolute atomic E-state index is 0.431. The van der Waals surface area contributed by atoms with E-state index < -0.39 is 0 Å². The van der Waals surface area contributed by atoms with Gasteiger partial charge in [0.05, 0.1) is 12.7 Å². The van der Waals surface area contributed by atoms with E-state index >= 15 is 0 Å². The first-order valence-electron chi connectivity index (χ1n) is 5.92. The standard InChI is InChI=1S/C11H22N2O/c1-10-9-13(7-8-14-10)6-4-11-3-2-5-12-11/h10-12H,2-9H2,1H3. The van der Waals surface area contributed by atoms with Crippen LogP contribution in [-0.2, 0) is 4.74 Å². The summed E-state index contributed by atoms with van der Waals surface area (Å²) in [4.78, 5) is 2.54. The van der Waals surface area contributed by atoms with Crippen LogP contribution in [0.1, 0.15) is 26.2 Å². The van der Waals surface area contributed by atoms with Crippen molar-refractivity contribution in [1.29, 1.82) is 0 Å². The molecule has 2 aliphatic heterocycles. The molecule has 1 N–H and O–H groups in total. The van der Waals surface area contributed by atoms with Gasteiger partial charge in [-0.1, -0.05) is 0 Å². The SMILES string of the molecule is CC1CN(CCC2CCCN2)CCO1. The van der Waals surface area contributed by atoms with E-state index in [9.17, 15) is 0 Å². The fourth-order valence-corrected chi connectivity index (χ4v) is 2.44. The fourth-order valence-electron chi connectivity index (χ4n) is 2.44. The van der Waals surface area contributed by atoms with Crippen molar-refractivity contribution in [2.24, 2.45) is 0 Å². The summed E-state index contributed by atoms with van der Waals surface area (Å²) in [5, 5.41) is 3.55. The van der Waals surface area contributed by atoms with Crippen molar-refractivity contribution in [2.75, 3.05) is 32.8 Å². The molecule has 14 heavy (non-hydrogen) atoms. The van der Waals surface area contributed by atoms with Crippen LogP contribution in [-0.4, -0.2) is 49.8 Å². The Balaban J connectivity index is 1.64. The first kappa shape index (κ1) is 10.4. The quantitative estimate of drug-likeness (QED) is 0.727. The molecule has 2 rings (SSSR count). The largest absolute Gasteiger partial charge is 0.376 e. The zero-order valence-electron chi connectivity index (χ0n) is 9.17. The molecule has 2 atom stereocenters. The minimum Gasteiger partial charge on any atom is -0.376 e. The molecular weight excluding hydrogens is 176 g/mol. The van der Waals surface area contributed by atoms with Gasteiger partial charge in [0.1, 0.15) is 0 Å². The Labute approximate surface area is 86.8 Å². The molecule has 2 unspecified atom stereocenters. The minimum atomic E-state index is 0.431. The summed E-state index contributed by atoms with van der Waals surface area (Å²) in [6.45, 7) is 7.79. The Kier molecular flexibility index (Phi) is 3.79. The Morgan fingerprint density at radius 2 is 2.43 bits per heavy atom. The molecule has 2 fully saturated rings. The normalized spacial score (nSPS) is 34.9. The van der Waals surface area contributed by atoms with Gasteiger partial charge >= 0.3 is 0 Å². The number of ether oxygens (including phenoxy) is 1. The summed E-state index contributed by atoms with van der Waals surface area (Å²) in [6, 6.07) is 0.785. The van der Waals surface area contributed by atoms with E-state index in [4.69, 9.17) is 4.74 Å². The Morgan fingerprint density at radius 3 is 3.14 bits per heavy atom. The van der Waals surface area contributed by atoms with E-state index in [-0.39, 0.29) is 0 Å². The molecule has 0 spiro atoms. The van der Waals surface area contributed by atoms with Gasteiger partial charge in [-0.2, -0.15) is 0 Å². The topological polar surface area (TPSA) is 24.5 Å². The lowest BCUT2D eigenvalue weighted by molar-refractivity contribution is -0.0190. The molecule has 82 valence electrons. The molecule has 3 nitrogen and oxygen atoms in total. The number of hydrogen-bond acceptors (Lipinski definition) is 3. The summed E-state index contributed by atoms with van der Waals surface area (Å²) in [7, 11) is 0. The summed E-state index contributed by atoms with van der Waals surface area (Å²) >= 11 is 0. The molecule has 0 aliphatic carbocycles. The third-order valence-corrected chi connectivity index (χ3v) is 3.28. The van der Waals surface area contributed by atoms with Crippen molar-refractivity contribution in [1.82, 2.24) is 10.2 Å². The van der Waals surface area contributed by atoms with Crippen LogP contribution in [0.25, 0.3) is 0 Å². The van der Waals surface area contributed by atoms with Gasteiger partial charge in [-0.25, -0.2) is 0 Å². The lowest BCUT2D eigenvalue weighted by atomic mass is 10.1. The average Bonchev–Trinajstić information content (AvgIpc) is 2.67. The Morgan fingerprint density at radius 1 is 1.50 bits per heavy atom. The maximum Gasteiger partial charge on any atom is 0.0674 e. The number of rotatable bonds is 3. The maximum absolute atomic E-state index is 5.52. The molecule has 0 radical (unpaired) electrons. The van der Waals surface area contributed by atoms with Crippen LogP contribution in [0, 0.1) is 0 Å². The number of morpholine rings is 1. The van der Waals surface area contributed by atoms with Crippen molar-refractivity contribution in [3.05, 3.63) is 0 Å². The first-order chi connectivity index (χ1) is 6.84. The summed E-state index contributed by atoms with van der Waals surface area (Å²) in [5.74, 6) is 0. The lowest BCUT2D eigenvalue weighted by Crippen LogP contribution is -2.42. The predicted molar refractivity (Wildman–Crippen MR) is 57.5 cm³/mol. The van der Waals surface area contributed by atoms with E-state index in [0.717, 1.165) is 25.7 Å². The monoisotopic (exact) mass is 198 g/mol. The predicted octanol–water partition coefficient (Wildman–Crippen LogP) is 0.849. The molecular formula is C11H22N2O. The molecule has 0 bridgehead atoms. The number of hydrogen-bond donors (Lipinski definition) is 1.